The predicted molar refractivity (Wildman–Crippen MR) is 98.9 cm³/mol. The van der Waals surface area contributed by atoms with Crippen LogP contribution < -0.4 is 10.1 Å². The Morgan fingerprint density at radius 1 is 1.19 bits per heavy atom. The molecule has 26 heavy (non-hydrogen) atoms. The summed E-state index contributed by atoms with van der Waals surface area (Å²) < 4.78 is 7.13. The number of aromatic nitrogens is 2. The van der Waals surface area contributed by atoms with Crippen molar-refractivity contribution in [1.82, 2.24) is 24.9 Å². The maximum atomic E-state index is 13.0. The molecule has 0 aliphatic carbocycles. The van der Waals surface area contributed by atoms with Gasteiger partial charge in [-0.3, -0.25) is 9.69 Å². The summed E-state index contributed by atoms with van der Waals surface area (Å²) in [5.74, 6) is 0.471. The normalized spacial score (nSPS) is 21.1. The van der Waals surface area contributed by atoms with Gasteiger partial charge >= 0.3 is 0 Å². The fraction of sp³-hybridized carbons (Fsp3) is 0.474. The lowest BCUT2D eigenvalue weighted by molar-refractivity contribution is 0.0764. The van der Waals surface area contributed by atoms with Crippen molar-refractivity contribution >= 4 is 5.91 Å². The number of rotatable bonds is 4. The van der Waals surface area contributed by atoms with Gasteiger partial charge in [0.25, 0.3) is 5.91 Å². The monoisotopic (exact) mass is 355 g/mol. The van der Waals surface area contributed by atoms with Crippen LogP contribution in [0.3, 0.4) is 0 Å². The quantitative estimate of drug-likeness (QED) is 0.887. The molecule has 0 bridgehead atoms. The number of nitrogens with one attached hydrogen (secondary N) is 1. The molecular formula is C19H25N5O2. The van der Waals surface area contributed by atoms with Crippen LogP contribution in [0.15, 0.2) is 36.5 Å². The molecular weight excluding hydrogens is 330 g/mol. The molecule has 0 saturated carbocycles. The van der Waals surface area contributed by atoms with E-state index in [4.69, 9.17) is 4.74 Å². The molecule has 1 amide bonds. The Labute approximate surface area is 153 Å². The van der Waals surface area contributed by atoms with Crippen LogP contribution in [0.4, 0.5) is 0 Å². The van der Waals surface area contributed by atoms with Gasteiger partial charge in [0.2, 0.25) is 0 Å². The molecule has 2 saturated heterocycles. The van der Waals surface area contributed by atoms with E-state index in [1.165, 1.54) is 0 Å². The Kier molecular flexibility index (Phi) is 4.90. The van der Waals surface area contributed by atoms with Crippen molar-refractivity contribution in [1.29, 1.82) is 0 Å². The van der Waals surface area contributed by atoms with Gasteiger partial charge in [0.05, 0.1) is 19.0 Å². The minimum atomic E-state index is -0.0471. The fourth-order valence-electron chi connectivity index (χ4n) is 3.79. The average molecular weight is 355 g/mol. The highest BCUT2D eigenvalue weighted by Crippen LogP contribution is 2.24. The molecule has 1 unspecified atom stereocenters. The van der Waals surface area contributed by atoms with E-state index < -0.39 is 0 Å². The molecule has 1 atom stereocenters. The first-order chi connectivity index (χ1) is 12.8. The topological polar surface area (TPSA) is 62.6 Å². The lowest BCUT2D eigenvalue weighted by atomic mass is 10.2. The summed E-state index contributed by atoms with van der Waals surface area (Å²) in [4.78, 5) is 17.4. The van der Waals surface area contributed by atoms with Crippen LogP contribution >= 0.6 is 0 Å². The van der Waals surface area contributed by atoms with Gasteiger partial charge < -0.3 is 15.0 Å². The number of methoxy groups -OCH3 is 1. The summed E-state index contributed by atoms with van der Waals surface area (Å²) >= 11 is 0. The molecule has 2 aliphatic rings. The standard InChI is InChI=1S/C19H25N5O2/c1-26-17-14-24(15-5-3-2-4-6-15)21-18(17)19(25)23-10-7-16(13-23)22-11-8-20-9-12-22/h2-6,14,16,20H,7-13H2,1H3. The number of carbonyl (C=O) groups excluding carboxylic acids is 1. The number of amides is 1. The van der Waals surface area contributed by atoms with Crippen LogP contribution in [0, 0.1) is 0 Å². The van der Waals surface area contributed by atoms with E-state index in [-0.39, 0.29) is 5.91 Å². The van der Waals surface area contributed by atoms with Crippen molar-refractivity contribution in [3.8, 4) is 11.4 Å². The van der Waals surface area contributed by atoms with Crippen LogP contribution in [-0.2, 0) is 0 Å². The van der Waals surface area contributed by atoms with E-state index in [9.17, 15) is 4.79 Å². The lowest BCUT2D eigenvalue weighted by Crippen LogP contribution is -2.49. The Hall–Kier alpha value is -2.38. The first-order valence-electron chi connectivity index (χ1n) is 9.19. The molecule has 1 aromatic heterocycles. The third-order valence-corrected chi connectivity index (χ3v) is 5.24. The van der Waals surface area contributed by atoms with Crippen LogP contribution in [-0.4, -0.2) is 77.9 Å². The van der Waals surface area contributed by atoms with Crippen molar-refractivity contribution in [2.45, 2.75) is 12.5 Å². The second-order valence-electron chi connectivity index (χ2n) is 6.81. The van der Waals surface area contributed by atoms with Gasteiger partial charge in [-0.25, -0.2) is 4.68 Å². The first-order valence-corrected chi connectivity index (χ1v) is 9.19. The van der Waals surface area contributed by atoms with Crippen LogP contribution in [0.2, 0.25) is 0 Å². The highest BCUT2D eigenvalue weighted by Gasteiger charge is 2.33. The zero-order chi connectivity index (χ0) is 17.9. The zero-order valence-electron chi connectivity index (χ0n) is 15.1. The number of benzene rings is 1. The summed E-state index contributed by atoms with van der Waals surface area (Å²) in [6.45, 7) is 5.70. The highest BCUT2D eigenvalue weighted by molar-refractivity contribution is 5.95. The molecule has 0 spiro atoms. The molecule has 1 N–H and O–H groups in total. The van der Waals surface area contributed by atoms with Gasteiger partial charge in [-0.05, 0) is 18.6 Å². The van der Waals surface area contributed by atoms with Crippen molar-refractivity contribution in [2.75, 3.05) is 46.4 Å². The van der Waals surface area contributed by atoms with Gasteiger partial charge in [-0.2, -0.15) is 5.10 Å². The molecule has 2 aromatic rings. The number of carbonyl (C=O) groups is 1. The van der Waals surface area contributed by atoms with Gasteiger partial charge in [0.1, 0.15) is 0 Å². The number of piperazine rings is 1. The average Bonchev–Trinajstić information content (AvgIpc) is 3.36. The molecule has 7 nitrogen and oxygen atoms in total. The minimum absolute atomic E-state index is 0.0471. The smallest absolute Gasteiger partial charge is 0.278 e. The minimum Gasteiger partial charge on any atom is -0.493 e. The third kappa shape index (κ3) is 3.32. The van der Waals surface area contributed by atoms with Crippen LogP contribution in [0.25, 0.3) is 5.69 Å². The van der Waals surface area contributed by atoms with E-state index in [2.05, 4.69) is 15.3 Å². The number of para-hydroxylation sites is 1. The first kappa shape index (κ1) is 17.1. The largest absolute Gasteiger partial charge is 0.493 e. The summed E-state index contributed by atoms with van der Waals surface area (Å²) in [6, 6.07) is 10.2. The molecule has 0 radical (unpaired) electrons. The summed E-state index contributed by atoms with van der Waals surface area (Å²) in [6.07, 6.45) is 2.79. The summed E-state index contributed by atoms with van der Waals surface area (Å²) in [7, 11) is 1.58. The highest BCUT2D eigenvalue weighted by atomic mass is 16.5. The van der Waals surface area contributed by atoms with Gasteiger partial charge in [-0.15, -0.1) is 0 Å². The number of hydrogen-bond donors (Lipinski definition) is 1. The molecule has 138 valence electrons. The van der Waals surface area contributed by atoms with Crippen molar-refractivity contribution in [3.05, 3.63) is 42.2 Å². The Morgan fingerprint density at radius 2 is 1.96 bits per heavy atom. The molecule has 3 heterocycles. The molecule has 2 aliphatic heterocycles. The van der Waals surface area contributed by atoms with Gasteiger partial charge in [-0.1, -0.05) is 18.2 Å². The SMILES string of the molecule is COc1cn(-c2ccccc2)nc1C(=O)N1CCC(N2CCNCC2)C1. The van der Waals surface area contributed by atoms with Gasteiger partial charge in [0, 0.05) is 45.3 Å². The Bertz CT molecular complexity index is 755. The van der Waals surface area contributed by atoms with Crippen molar-refractivity contribution < 1.29 is 9.53 Å². The lowest BCUT2D eigenvalue weighted by Gasteiger charge is -2.32. The number of nitrogens with zero attached hydrogens (tertiary/aromatic N) is 4. The van der Waals surface area contributed by atoms with E-state index in [1.54, 1.807) is 18.0 Å². The maximum Gasteiger partial charge on any atom is 0.278 e. The number of hydrogen-bond acceptors (Lipinski definition) is 5. The van der Waals surface area contributed by atoms with Crippen LogP contribution in [0.5, 0.6) is 5.75 Å². The van der Waals surface area contributed by atoms with E-state index in [0.717, 1.165) is 51.4 Å². The molecule has 1 aromatic carbocycles. The number of ether oxygens (including phenoxy) is 1. The maximum absolute atomic E-state index is 13.0. The van der Waals surface area contributed by atoms with E-state index in [1.807, 2.05) is 35.2 Å². The van der Waals surface area contributed by atoms with E-state index >= 15 is 0 Å². The Balaban J connectivity index is 1.50. The predicted octanol–water partition coefficient (Wildman–Crippen LogP) is 1.00. The van der Waals surface area contributed by atoms with Crippen molar-refractivity contribution in [2.24, 2.45) is 0 Å². The third-order valence-electron chi connectivity index (χ3n) is 5.24. The number of likely N-dealkylation sites (tertiary alicyclic amines) is 1. The Morgan fingerprint density at radius 3 is 2.69 bits per heavy atom. The zero-order valence-corrected chi connectivity index (χ0v) is 15.1. The summed E-state index contributed by atoms with van der Waals surface area (Å²) in [5.41, 5.74) is 1.29. The summed E-state index contributed by atoms with van der Waals surface area (Å²) in [5, 5.41) is 7.89. The van der Waals surface area contributed by atoms with Crippen LogP contribution in [0.1, 0.15) is 16.9 Å². The van der Waals surface area contributed by atoms with Gasteiger partial charge in [0.15, 0.2) is 11.4 Å². The van der Waals surface area contributed by atoms with Crippen molar-refractivity contribution in [3.63, 3.8) is 0 Å². The molecule has 2 fully saturated rings. The molecule has 7 heteroatoms. The second kappa shape index (κ2) is 7.47. The second-order valence-corrected chi connectivity index (χ2v) is 6.81. The fourth-order valence-corrected chi connectivity index (χ4v) is 3.79. The van der Waals surface area contributed by atoms with E-state index in [0.29, 0.717) is 17.5 Å². The molecule has 4 rings (SSSR count).